The Morgan fingerprint density at radius 1 is 1.45 bits per heavy atom. The summed E-state index contributed by atoms with van der Waals surface area (Å²) in [4.78, 5) is 16.5. The molecule has 0 aromatic carbocycles. The summed E-state index contributed by atoms with van der Waals surface area (Å²) in [6.07, 6.45) is 3.39. The topological polar surface area (TPSA) is 71.5 Å². The van der Waals surface area contributed by atoms with Crippen LogP contribution in [-0.4, -0.2) is 29.2 Å². The van der Waals surface area contributed by atoms with Gasteiger partial charge in [-0.2, -0.15) is 0 Å². The maximum absolute atomic E-state index is 12.3. The number of hydrogen-bond donors (Lipinski definition) is 2. The number of carbonyl (C=O) groups is 1. The molecule has 5 nitrogen and oxygen atoms in total. The standard InChI is InChI=1S/C17H26N2O3/c1-17(2,3)9-14(21)19-16(12-7-13(20)8-12)11-5-6-15(22-4)18-10-11/h5-6,10,12-13,16,20H,7-9H2,1-4H3,(H,19,21). The summed E-state index contributed by atoms with van der Waals surface area (Å²) < 4.78 is 5.08. The second-order valence-electron chi connectivity index (χ2n) is 7.30. The molecule has 1 fully saturated rings. The summed E-state index contributed by atoms with van der Waals surface area (Å²) in [6.45, 7) is 6.14. The second-order valence-corrected chi connectivity index (χ2v) is 7.30. The van der Waals surface area contributed by atoms with Crippen molar-refractivity contribution < 1.29 is 14.6 Å². The molecule has 1 aromatic heterocycles. The molecule has 1 amide bonds. The monoisotopic (exact) mass is 306 g/mol. The van der Waals surface area contributed by atoms with Crippen LogP contribution in [0.25, 0.3) is 0 Å². The van der Waals surface area contributed by atoms with Gasteiger partial charge >= 0.3 is 0 Å². The number of nitrogens with zero attached hydrogens (tertiary/aromatic N) is 1. The molecule has 0 radical (unpaired) electrons. The van der Waals surface area contributed by atoms with Crippen molar-refractivity contribution >= 4 is 5.91 Å². The SMILES string of the molecule is COc1ccc(C(NC(=O)CC(C)(C)C)C2CC(O)C2)cn1. The number of methoxy groups -OCH3 is 1. The summed E-state index contributed by atoms with van der Waals surface area (Å²) in [5, 5.41) is 12.7. The lowest BCUT2D eigenvalue weighted by Crippen LogP contribution is -2.42. The zero-order chi connectivity index (χ0) is 16.3. The van der Waals surface area contributed by atoms with Gasteiger partial charge in [0.1, 0.15) is 0 Å². The van der Waals surface area contributed by atoms with Gasteiger partial charge in [0.15, 0.2) is 0 Å². The van der Waals surface area contributed by atoms with Gasteiger partial charge in [0.2, 0.25) is 11.8 Å². The van der Waals surface area contributed by atoms with Crippen molar-refractivity contribution in [3.8, 4) is 5.88 Å². The van der Waals surface area contributed by atoms with Crippen molar-refractivity contribution in [1.82, 2.24) is 10.3 Å². The number of aliphatic hydroxyl groups excluding tert-OH is 1. The lowest BCUT2D eigenvalue weighted by atomic mass is 9.75. The minimum atomic E-state index is -0.252. The van der Waals surface area contributed by atoms with E-state index in [0.29, 0.717) is 25.1 Å². The zero-order valence-electron chi connectivity index (χ0n) is 13.8. The number of hydrogen-bond acceptors (Lipinski definition) is 4. The van der Waals surface area contributed by atoms with Crippen LogP contribution in [0.15, 0.2) is 18.3 Å². The Kier molecular flexibility index (Phi) is 5.06. The van der Waals surface area contributed by atoms with E-state index < -0.39 is 0 Å². The average molecular weight is 306 g/mol. The molecule has 122 valence electrons. The van der Waals surface area contributed by atoms with Crippen LogP contribution in [0.1, 0.15) is 51.6 Å². The fraction of sp³-hybridized carbons (Fsp3) is 0.647. The first kappa shape index (κ1) is 16.7. The van der Waals surface area contributed by atoms with Crippen LogP contribution in [0.3, 0.4) is 0 Å². The second kappa shape index (κ2) is 6.65. The van der Waals surface area contributed by atoms with Gasteiger partial charge in [0.05, 0.1) is 19.3 Å². The molecule has 5 heteroatoms. The molecule has 1 saturated carbocycles. The summed E-state index contributed by atoms with van der Waals surface area (Å²) in [5.41, 5.74) is 0.909. The number of rotatable bonds is 5. The van der Waals surface area contributed by atoms with Gasteiger partial charge in [-0.15, -0.1) is 0 Å². The molecule has 0 saturated heterocycles. The molecule has 0 bridgehead atoms. The van der Waals surface area contributed by atoms with Crippen molar-refractivity contribution in [3.05, 3.63) is 23.9 Å². The number of aliphatic hydroxyl groups is 1. The van der Waals surface area contributed by atoms with Crippen molar-refractivity contribution in [2.75, 3.05) is 7.11 Å². The number of nitrogens with one attached hydrogen (secondary N) is 1. The van der Waals surface area contributed by atoms with Gasteiger partial charge in [-0.05, 0) is 29.7 Å². The van der Waals surface area contributed by atoms with Crippen LogP contribution in [0.2, 0.25) is 0 Å². The van der Waals surface area contributed by atoms with E-state index in [0.717, 1.165) is 5.56 Å². The third kappa shape index (κ3) is 4.44. The minimum absolute atomic E-state index is 0.0368. The molecule has 1 heterocycles. The van der Waals surface area contributed by atoms with Gasteiger partial charge in [-0.1, -0.05) is 26.8 Å². The van der Waals surface area contributed by atoms with E-state index in [4.69, 9.17) is 4.74 Å². The lowest BCUT2D eigenvalue weighted by Gasteiger charge is -2.38. The molecule has 2 rings (SSSR count). The van der Waals surface area contributed by atoms with Crippen molar-refractivity contribution in [3.63, 3.8) is 0 Å². The first-order chi connectivity index (χ1) is 10.3. The van der Waals surface area contributed by atoms with Gasteiger partial charge in [-0.25, -0.2) is 4.98 Å². The number of aromatic nitrogens is 1. The fourth-order valence-corrected chi connectivity index (χ4v) is 2.78. The minimum Gasteiger partial charge on any atom is -0.481 e. The predicted molar refractivity (Wildman–Crippen MR) is 84.5 cm³/mol. The zero-order valence-corrected chi connectivity index (χ0v) is 13.8. The van der Waals surface area contributed by atoms with E-state index in [2.05, 4.69) is 10.3 Å². The highest BCUT2D eigenvalue weighted by molar-refractivity contribution is 5.77. The van der Waals surface area contributed by atoms with Crippen LogP contribution >= 0.6 is 0 Å². The molecule has 0 spiro atoms. The van der Waals surface area contributed by atoms with Crippen molar-refractivity contribution in [1.29, 1.82) is 0 Å². The van der Waals surface area contributed by atoms with E-state index in [1.165, 1.54) is 0 Å². The van der Waals surface area contributed by atoms with Crippen LogP contribution in [0.5, 0.6) is 5.88 Å². The van der Waals surface area contributed by atoms with Gasteiger partial charge < -0.3 is 15.2 Å². The highest BCUT2D eigenvalue weighted by atomic mass is 16.5. The maximum atomic E-state index is 12.3. The number of carbonyl (C=O) groups excluding carboxylic acids is 1. The van der Waals surface area contributed by atoms with Crippen LogP contribution < -0.4 is 10.1 Å². The maximum Gasteiger partial charge on any atom is 0.221 e. The fourth-order valence-electron chi connectivity index (χ4n) is 2.78. The quantitative estimate of drug-likeness (QED) is 0.876. The molecule has 1 aromatic rings. The molecule has 0 aliphatic heterocycles. The Morgan fingerprint density at radius 2 is 2.14 bits per heavy atom. The molecular formula is C17H26N2O3. The Morgan fingerprint density at radius 3 is 2.59 bits per heavy atom. The number of pyridine rings is 1. The lowest BCUT2D eigenvalue weighted by molar-refractivity contribution is -0.124. The number of amides is 1. The molecule has 1 unspecified atom stereocenters. The highest BCUT2D eigenvalue weighted by Crippen LogP contribution is 2.38. The van der Waals surface area contributed by atoms with Crippen molar-refractivity contribution in [2.24, 2.45) is 11.3 Å². The Balaban J connectivity index is 2.10. The number of ether oxygens (including phenoxy) is 1. The van der Waals surface area contributed by atoms with Crippen LogP contribution in [0.4, 0.5) is 0 Å². The normalized spacial score (nSPS) is 22.6. The molecule has 1 aliphatic rings. The van der Waals surface area contributed by atoms with Crippen LogP contribution in [0, 0.1) is 11.3 Å². The highest BCUT2D eigenvalue weighted by Gasteiger charge is 2.36. The van der Waals surface area contributed by atoms with Gasteiger partial charge in [0.25, 0.3) is 0 Å². The molecule has 2 N–H and O–H groups in total. The molecular weight excluding hydrogens is 280 g/mol. The Bertz CT molecular complexity index is 502. The Hall–Kier alpha value is -1.62. The van der Waals surface area contributed by atoms with E-state index >= 15 is 0 Å². The summed E-state index contributed by atoms with van der Waals surface area (Å²) in [7, 11) is 1.58. The average Bonchev–Trinajstić information content (AvgIpc) is 2.40. The van der Waals surface area contributed by atoms with Gasteiger partial charge in [-0.3, -0.25) is 4.79 Å². The largest absolute Gasteiger partial charge is 0.481 e. The van der Waals surface area contributed by atoms with E-state index in [-0.39, 0.29) is 29.4 Å². The first-order valence-electron chi connectivity index (χ1n) is 7.76. The van der Waals surface area contributed by atoms with Crippen molar-refractivity contribution in [2.45, 2.75) is 52.2 Å². The smallest absolute Gasteiger partial charge is 0.221 e. The summed E-state index contributed by atoms with van der Waals surface area (Å²) in [5.74, 6) is 0.848. The Labute approximate surface area is 132 Å². The third-order valence-corrected chi connectivity index (χ3v) is 3.96. The van der Waals surface area contributed by atoms with E-state index in [9.17, 15) is 9.90 Å². The summed E-state index contributed by atoms with van der Waals surface area (Å²) >= 11 is 0. The van der Waals surface area contributed by atoms with Gasteiger partial charge in [0, 0.05) is 18.7 Å². The van der Waals surface area contributed by atoms with E-state index in [1.54, 1.807) is 19.4 Å². The predicted octanol–water partition coefficient (Wildman–Crippen LogP) is 2.45. The molecule has 22 heavy (non-hydrogen) atoms. The summed E-state index contributed by atoms with van der Waals surface area (Å²) in [6, 6.07) is 3.63. The first-order valence-corrected chi connectivity index (χ1v) is 7.76. The third-order valence-electron chi connectivity index (χ3n) is 3.96. The van der Waals surface area contributed by atoms with E-state index in [1.807, 2.05) is 26.8 Å². The molecule has 1 atom stereocenters. The molecule has 1 aliphatic carbocycles. The van der Waals surface area contributed by atoms with Crippen LogP contribution in [-0.2, 0) is 4.79 Å².